The van der Waals surface area contributed by atoms with Gasteiger partial charge >= 0.3 is 0 Å². The number of likely N-dealkylation sites (tertiary alicyclic amines) is 1. The second-order valence-corrected chi connectivity index (χ2v) is 10.5. The monoisotopic (exact) mass is 457 g/mol. The molecule has 2 saturated carbocycles. The third-order valence-corrected chi connectivity index (χ3v) is 8.13. The highest BCUT2D eigenvalue weighted by atomic mass is 16.1. The Labute approximate surface area is 199 Å². The maximum atomic E-state index is 12.7. The van der Waals surface area contributed by atoms with Crippen molar-refractivity contribution in [2.24, 2.45) is 5.41 Å². The molecule has 0 radical (unpaired) electrons. The number of nitrogens with zero attached hydrogens (tertiary/aromatic N) is 3. The molecule has 1 aliphatic heterocycles. The van der Waals surface area contributed by atoms with Crippen LogP contribution in [0.4, 0.5) is 0 Å². The molecule has 2 N–H and O–H groups in total. The van der Waals surface area contributed by atoms with Crippen LogP contribution in [0, 0.1) is 5.41 Å². The second-order valence-electron chi connectivity index (χ2n) is 10.5. The van der Waals surface area contributed by atoms with Crippen molar-refractivity contribution in [3.63, 3.8) is 0 Å². The Morgan fingerprint density at radius 2 is 1.82 bits per heavy atom. The van der Waals surface area contributed by atoms with Crippen LogP contribution in [0.2, 0.25) is 0 Å². The van der Waals surface area contributed by atoms with Crippen LogP contribution in [-0.2, 0) is 6.42 Å². The number of hydrogen-bond donors (Lipinski definition) is 2. The zero-order valence-electron chi connectivity index (χ0n) is 19.4. The molecule has 2 aliphatic carbocycles. The molecule has 7 nitrogen and oxygen atoms in total. The summed E-state index contributed by atoms with van der Waals surface area (Å²) in [5.74, 6) is 0.346. The molecular formula is C27H31N5O2. The predicted octanol–water partition coefficient (Wildman–Crippen LogP) is 3.41. The molecule has 1 aromatic carbocycles. The highest BCUT2D eigenvalue weighted by Gasteiger charge is 2.54. The summed E-state index contributed by atoms with van der Waals surface area (Å²) < 4.78 is 0. The molecular weight excluding hydrogens is 426 g/mol. The lowest BCUT2D eigenvalue weighted by molar-refractivity contribution is -0.0196. The summed E-state index contributed by atoms with van der Waals surface area (Å²) in [5, 5.41) is 11.9. The normalized spacial score (nSPS) is 26.4. The first-order valence-electron chi connectivity index (χ1n) is 12.5. The first kappa shape index (κ1) is 21.5. The van der Waals surface area contributed by atoms with Gasteiger partial charge in [-0.1, -0.05) is 18.2 Å². The van der Waals surface area contributed by atoms with E-state index in [4.69, 9.17) is 0 Å². The number of benzene rings is 1. The van der Waals surface area contributed by atoms with Gasteiger partial charge in [-0.25, -0.2) is 5.10 Å². The fourth-order valence-electron chi connectivity index (χ4n) is 6.30. The highest BCUT2D eigenvalue weighted by molar-refractivity contribution is 5.94. The Kier molecular flexibility index (Phi) is 5.44. The first-order valence-corrected chi connectivity index (χ1v) is 12.5. The second kappa shape index (κ2) is 8.62. The van der Waals surface area contributed by atoms with E-state index in [1.54, 1.807) is 6.20 Å². The van der Waals surface area contributed by atoms with Gasteiger partial charge in [0.1, 0.15) is 0 Å². The quantitative estimate of drug-likeness (QED) is 0.592. The number of amides is 1. The predicted molar refractivity (Wildman–Crippen MR) is 131 cm³/mol. The number of rotatable bonds is 6. The van der Waals surface area contributed by atoms with Crippen LogP contribution in [0.15, 0.2) is 47.4 Å². The van der Waals surface area contributed by atoms with Crippen LogP contribution in [0.25, 0.3) is 10.8 Å². The van der Waals surface area contributed by atoms with Gasteiger partial charge in [0.15, 0.2) is 0 Å². The minimum Gasteiger partial charge on any atom is -0.349 e. The van der Waals surface area contributed by atoms with Crippen molar-refractivity contribution in [3.8, 4) is 0 Å². The smallest absolute Gasteiger partial charge is 0.272 e. The standard InChI is InChI=1S/C27H31N5O2/c33-25(18-7-8-20(28-17-18)9-12-32-10-3-4-11-32)29-21-15-27(16-21)13-19(14-27)24-22-5-1-2-6-23(22)26(34)31-30-24/h1-2,5-8,17,19,21H,3-4,9-16H2,(H,29,33)(H,31,34)/t19-,21-,27?. The number of pyridine rings is 1. The molecule has 3 fully saturated rings. The Bertz CT molecular complexity index is 1250. The van der Waals surface area contributed by atoms with Crippen LogP contribution >= 0.6 is 0 Å². The lowest BCUT2D eigenvalue weighted by Gasteiger charge is -2.57. The van der Waals surface area contributed by atoms with Gasteiger partial charge in [-0.15, -0.1) is 0 Å². The molecule has 176 valence electrons. The van der Waals surface area contributed by atoms with E-state index >= 15 is 0 Å². The van der Waals surface area contributed by atoms with E-state index in [0.717, 1.165) is 55.4 Å². The van der Waals surface area contributed by atoms with Crippen LogP contribution in [0.1, 0.15) is 66.2 Å². The van der Waals surface area contributed by atoms with Crippen molar-refractivity contribution >= 4 is 16.7 Å². The summed E-state index contributed by atoms with van der Waals surface area (Å²) in [6.07, 6.45) is 9.41. The summed E-state index contributed by atoms with van der Waals surface area (Å²) in [6.45, 7) is 3.44. The number of aromatic amines is 1. The van der Waals surface area contributed by atoms with Crippen LogP contribution < -0.4 is 10.9 Å². The zero-order valence-corrected chi connectivity index (χ0v) is 19.4. The van der Waals surface area contributed by atoms with Crippen LogP contribution in [0.3, 0.4) is 0 Å². The van der Waals surface area contributed by atoms with Gasteiger partial charge in [0.2, 0.25) is 0 Å². The van der Waals surface area contributed by atoms with E-state index in [-0.39, 0.29) is 17.5 Å². The number of H-pyrrole nitrogens is 1. The molecule has 3 heterocycles. The van der Waals surface area contributed by atoms with Gasteiger partial charge in [0, 0.05) is 42.2 Å². The van der Waals surface area contributed by atoms with Crippen molar-refractivity contribution in [3.05, 3.63) is 69.9 Å². The maximum Gasteiger partial charge on any atom is 0.272 e. The minimum atomic E-state index is -0.131. The van der Waals surface area contributed by atoms with Crippen molar-refractivity contribution in [2.75, 3.05) is 19.6 Å². The van der Waals surface area contributed by atoms with Crippen LogP contribution in [-0.4, -0.2) is 51.7 Å². The van der Waals surface area contributed by atoms with Crippen LogP contribution in [0.5, 0.6) is 0 Å². The molecule has 0 atom stereocenters. The summed E-state index contributed by atoms with van der Waals surface area (Å²) >= 11 is 0. The molecule has 3 aromatic rings. The summed E-state index contributed by atoms with van der Waals surface area (Å²) in [4.78, 5) is 31.8. The Hall–Kier alpha value is -3.06. The fourth-order valence-corrected chi connectivity index (χ4v) is 6.30. The van der Waals surface area contributed by atoms with Crippen molar-refractivity contribution in [1.82, 2.24) is 25.4 Å². The zero-order chi connectivity index (χ0) is 23.1. The molecule has 0 bridgehead atoms. The van der Waals surface area contributed by atoms with E-state index < -0.39 is 0 Å². The summed E-state index contributed by atoms with van der Waals surface area (Å²) in [6, 6.07) is 11.8. The number of fused-ring (bicyclic) bond motifs is 1. The number of aromatic nitrogens is 3. The molecule has 7 heteroatoms. The van der Waals surface area contributed by atoms with Gasteiger partial charge in [-0.3, -0.25) is 14.6 Å². The molecule has 1 spiro atoms. The lowest BCUT2D eigenvalue weighted by atomic mass is 9.49. The van der Waals surface area contributed by atoms with Crippen molar-refractivity contribution < 1.29 is 4.79 Å². The lowest BCUT2D eigenvalue weighted by Crippen LogP contribution is -2.55. The molecule has 0 unspecified atom stereocenters. The maximum absolute atomic E-state index is 12.7. The summed E-state index contributed by atoms with van der Waals surface area (Å²) in [7, 11) is 0. The van der Waals surface area contributed by atoms with Gasteiger partial charge in [-0.05, 0) is 75.2 Å². The first-order chi connectivity index (χ1) is 16.6. The largest absolute Gasteiger partial charge is 0.349 e. The number of carbonyl (C=O) groups excluding carboxylic acids is 1. The average molecular weight is 458 g/mol. The highest BCUT2D eigenvalue weighted by Crippen LogP contribution is 2.62. The molecule has 34 heavy (non-hydrogen) atoms. The van der Waals surface area contributed by atoms with E-state index in [1.165, 1.54) is 25.9 Å². The SMILES string of the molecule is O=C(N[C@H]1CC2(C1)C[C@H](c1n[nH]c(=O)c3ccccc31)C2)c1ccc(CCN2CCCC2)nc1. The van der Waals surface area contributed by atoms with Gasteiger partial charge in [-0.2, -0.15) is 5.10 Å². The number of carbonyl (C=O) groups is 1. The topological polar surface area (TPSA) is 91.0 Å². The third kappa shape index (κ3) is 4.02. The third-order valence-electron chi connectivity index (χ3n) is 8.13. The Morgan fingerprint density at radius 1 is 1.06 bits per heavy atom. The minimum absolute atomic E-state index is 0.0254. The molecule has 6 rings (SSSR count). The van der Waals surface area contributed by atoms with Crippen molar-refractivity contribution in [1.29, 1.82) is 0 Å². The number of nitrogens with one attached hydrogen (secondary N) is 2. The Balaban J connectivity index is 1.00. The van der Waals surface area contributed by atoms with E-state index in [1.807, 2.05) is 36.4 Å². The number of hydrogen-bond acceptors (Lipinski definition) is 5. The van der Waals surface area contributed by atoms with E-state index in [2.05, 4.69) is 25.4 Å². The summed E-state index contributed by atoms with van der Waals surface area (Å²) in [5.41, 5.74) is 2.87. The van der Waals surface area contributed by atoms with Crippen molar-refractivity contribution in [2.45, 2.75) is 56.9 Å². The Morgan fingerprint density at radius 3 is 2.56 bits per heavy atom. The van der Waals surface area contributed by atoms with Gasteiger partial charge in [0.25, 0.3) is 11.5 Å². The van der Waals surface area contributed by atoms with E-state index in [9.17, 15) is 9.59 Å². The van der Waals surface area contributed by atoms with Gasteiger partial charge < -0.3 is 10.2 Å². The molecule has 1 saturated heterocycles. The molecule has 3 aliphatic rings. The van der Waals surface area contributed by atoms with Gasteiger partial charge in [0.05, 0.1) is 16.6 Å². The van der Waals surface area contributed by atoms with E-state index in [0.29, 0.717) is 22.3 Å². The fraction of sp³-hybridized carbons (Fsp3) is 0.481. The average Bonchev–Trinajstić information content (AvgIpc) is 3.33. The molecule has 2 aromatic heterocycles. The molecule has 1 amide bonds.